The van der Waals surface area contributed by atoms with E-state index in [1.54, 1.807) is 18.3 Å². The van der Waals surface area contributed by atoms with E-state index in [4.69, 9.17) is 0 Å². The van der Waals surface area contributed by atoms with Crippen molar-refractivity contribution < 1.29 is 0 Å². The van der Waals surface area contributed by atoms with Crippen molar-refractivity contribution in [2.45, 2.75) is 24.1 Å². The maximum Gasteiger partial charge on any atom is 0.346 e. The summed E-state index contributed by atoms with van der Waals surface area (Å²) in [5, 5.41) is 13.9. The molecule has 28 heavy (non-hydrogen) atoms. The number of rotatable bonds is 4. The first kappa shape index (κ1) is 18.6. The smallest absolute Gasteiger partial charge is 0.309 e. The Labute approximate surface area is 171 Å². The van der Waals surface area contributed by atoms with Gasteiger partial charge in [-0.3, -0.25) is 4.79 Å². The van der Waals surface area contributed by atoms with Crippen molar-refractivity contribution in [2.24, 2.45) is 0 Å². The van der Waals surface area contributed by atoms with Gasteiger partial charge in [0, 0.05) is 21.5 Å². The maximum absolute atomic E-state index is 12.7. The van der Waals surface area contributed by atoms with Crippen molar-refractivity contribution >= 4 is 44.7 Å². The maximum atomic E-state index is 12.7. The molecule has 1 atom stereocenters. The molecule has 1 unspecified atom stereocenters. The second kappa shape index (κ2) is 7.35. The summed E-state index contributed by atoms with van der Waals surface area (Å²) in [5.74, 6) is 0.478. The van der Waals surface area contributed by atoms with E-state index < -0.39 is 5.69 Å². The van der Waals surface area contributed by atoms with E-state index in [-0.39, 0.29) is 10.8 Å². The molecule has 0 fully saturated rings. The van der Waals surface area contributed by atoms with Gasteiger partial charge in [-0.2, -0.15) is 10.2 Å². The number of nitrogens with one attached hydrogen (secondary N) is 2. The van der Waals surface area contributed by atoms with Gasteiger partial charge in [0.05, 0.1) is 10.6 Å². The molecule has 2 N–H and O–H groups in total. The fraction of sp³-hybridized carbons (Fsp3) is 0.167. The first-order valence-corrected chi connectivity index (χ1v) is 10.8. The van der Waals surface area contributed by atoms with Gasteiger partial charge in [0.25, 0.3) is 5.56 Å². The van der Waals surface area contributed by atoms with E-state index in [0.29, 0.717) is 32.3 Å². The SMILES string of the molecule is Cc1[nH]c(=O)nc(SC(C)c2nc3scc(-c4cccs4)c3c(=O)[nH]2)c1C#N. The molecule has 0 amide bonds. The molecule has 0 saturated heterocycles. The monoisotopic (exact) mass is 427 g/mol. The van der Waals surface area contributed by atoms with Crippen LogP contribution in [0.3, 0.4) is 0 Å². The van der Waals surface area contributed by atoms with Gasteiger partial charge in [-0.15, -0.1) is 22.7 Å². The molecule has 0 radical (unpaired) electrons. The molecule has 0 saturated carbocycles. The van der Waals surface area contributed by atoms with E-state index in [9.17, 15) is 14.9 Å². The van der Waals surface area contributed by atoms with Crippen LogP contribution >= 0.6 is 34.4 Å². The lowest BCUT2D eigenvalue weighted by atomic mass is 10.2. The molecule has 4 rings (SSSR count). The minimum absolute atomic E-state index is 0.201. The second-order valence-electron chi connectivity index (χ2n) is 5.98. The molecule has 4 heterocycles. The van der Waals surface area contributed by atoms with Crippen LogP contribution < -0.4 is 11.2 Å². The molecule has 0 aliphatic heterocycles. The minimum atomic E-state index is -0.512. The number of fused-ring (bicyclic) bond motifs is 1. The average molecular weight is 428 g/mol. The van der Waals surface area contributed by atoms with Crippen molar-refractivity contribution in [3.8, 4) is 16.5 Å². The van der Waals surface area contributed by atoms with E-state index in [1.807, 2.05) is 29.8 Å². The summed E-state index contributed by atoms with van der Waals surface area (Å²) in [7, 11) is 0. The number of nitriles is 1. The van der Waals surface area contributed by atoms with Gasteiger partial charge in [0.2, 0.25) is 0 Å². The van der Waals surface area contributed by atoms with Gasteiger partial charge >= 0.3 is 5.69 Å². The first-order chi connectivity index (χ1) is 13.5. The van der Waals surface area contributed by atoms with Gasteiger partial charge in [-0.05, 0) is 25.3 Å². The molecule has 10 heteroatoms. The molecule has 0 aliphatic carbocycles. The highest BCUT2D eigenvalue weighted by Crippen LogP contribution is 2.36. The second-order valence-corrected chi connectivity index (χ2v) is 9.11. The van der Waals surface area contributed by atoms with Crippen LogP contribution in [0.2, 0.25) is 0 Å². The molecule has 4 aromatic rings. The van der Waals surface area contributed by atoms with Gasteiger partial charge in [0.1, 0.15) is 27.3 Å². The Morgan fingerprint density at radius 2 is 2.07 bits per heavy atom. The van der Waals surface area contributed by atoms with E-state index in [1.165, 1.54) is 23.1 Å². The van der Waals surface area contributed by atoms with Crippen LogP contribution in [0.4, 0.5) is 0 Å². The van der Waals surface area contributed by atoms with Crippen LogP contribution in [0.15, 0.2) is 37.5 Å². The highest BCUT2D eigenvalue weighted by atomic mass is 32.2. The van der Waals surface area contributed by atoms with Crippen LogP contribution in [-0.4, -0.2) is 19.9 Å². The highest BCUT2D eigenvalue weighted by Gasteiger charge is 2.19. The van der Waals surface area contributed by atoms with E-state index in [0.717, 1.165) is 10.4 Å². The van der Waals surface area contributed by atoms with Crippen LogP contribution in [0.5, 0.6) is 0 Å². The Bertz CT molecular complexity index is 1330. The van der Waals surface area contributed by atoms with Crippen molar-refractivity contribution in [3.05, 3.63) is 60.8 Å². The first-order valence-electron chi connectivity index (χ1n) is 8.21. The third-order valence-electron chi connectivity index (χ3n) is 4.12. The molecular formula is C18H13N5O2S3. The number of aromatic nitrogens is 4. The number of thiophene rings is 2. The third kappa shape index (κ3) is 3.28. The zero-order chi connectivity index (χ0) is 19.8. The topological polar surface area (TPSA) is 115 Å². The number of thioether (sulfide) groups is 1. The van der Waals surface area contributed by atoms with Gasteiger partial charge < -0.3 is 9.97 Å². The number of H-pyrrole nitrogens is 2. The zero-order valence-corrected chi connectivity index (χ0v) is 17.2. The summed E-state index contributed by atoms with van der Waals surface area (Å²) in [6, 6.07) is 5.99. The van der Waals surface area contributed by atoms with Crippen molar-refractivity contribution in [2.75, 3.05) is 0 Å². The summed E-state index contributed by atoms with van der Waals surface area (Å²) in [5.41, 5.74) is 0.952. The molecule has 7 nitrogen and oxygen atoms in total. The standard InChI is InChI=1S/C18H13N5O2S3/c1-8-10(6-19)16(23-18(25)20-8)28-9(2)14-21-15(24)13-11(7-27-17(13)22-14)12-4-3-5-26-12/h3-5,7,9H,1-2H3,(H,20,23,25)(H,21,22,24). The van der Waals surface area contributed by atoms with Crippen LogP contribution in [0.25, 0.3) is 20.7 Å². The van der Waals surface area contributed by atoms with Crippen LogP contribution in [0, 0.1) is 18.3 Å². The Morgan fingerprint density at radius 1 is 1.25 bits per heavy atom. The normalized spacial score (nSPS) is 12.2. The number of hydrogen-bond acceptors (Lipinski definition) is 8. The molecule has 0 aromatic carbocycles. The van der Waals surface area contributed by atoms with E-state index >= 15 is 0 Å². The summed E-state index contributed by atoms with van der Waals surface area (Å²) >= 11 is 4.21. The van der Waals surface area contributed by atoms with Crippen LogP contribution in [0.1, 0.15) is 29.3 Å². The lowest BCUT2D eigenvalue weighted by Gasteiger charge is -2.11. The Morgan fingerprint density at radius 3 is 2.79 bits per heavy atom. The Balaban J connectivity index is 1.74. The number of aryl methyl sites for hydroxylation is 1. The molecule has 0 bridgehead atoms. The van der Waals surface area contributed by atoms with Gasteiger partial charge in [-0.25, -0.2) is 9.78 Å². The predicted octanol–water partition coefficient (Wildman–Crippen LogP) is 3.83. The number of aromatic amines is 2. The van der Waals surface area contributed by atoms with Crippen molar-refractivity contribution in [1.29, 1.82) is 5.26 Å². The number of hydrogen-bond donors (Lipinski definition) is 2. The fourth-order valence-corrected chi connectivity index (χ4v) is 5.55. The quantitative estimate of drug-likeness (QED) is 0.378. The lowest BCUT2D eigenvalue weighted by molar-refractivity contribution is 0.899. The molecule has 0 spiro atoms. The third-order valence-corrected chi connectivity index (χ3v) is 6.99. The van der Waals surface area contributed by atoms with Gasteiger partial charge in [-0.1, -0.05) is 17.8 Å². The zero-order valence-electron chi connectivity index (χ0n) is 14.8. The average Bonchev–Trinajstić information content (AvgIpc) is 3.30. The number of nitrogens with zero attached hydrogens (tertiary/aromatic N) is 3. The van der Waals surface area contributed by atoms with Crippen LogP contribution in [-0.2, 0) is 0 Å². The molecular weight excluding hydrogens is 414 g/mol. The van der Waals surface area contributed by atoms with Crippen molar-refractivity contribution in [3.63, 3.8) is 0 Å². The summed E-state index contributed by atoms with van der Waals surface area (Å²) in [4.78, 5) is 40.0. The Hall–Kier alpha value is -2.74. The largest absolute Gasteiger partial charge is 0.346 e. The lowest BCUT2D eigenvalue weighted by Crippen LogP contribution is -2.16. The highest BCUT2D eigenvalue weighted by molar-refractivity contribution is 7.99. The molecule has 0 aliphatic rings. The minimum Gasteiger partial charge on any atom is -0.309 e. The van der Waals surface area contributed by atoms with Gasteiger partial charge in [0.15, 0.2) is 0 Å². The molecule has 140 valence electrons. The summed E-state index contributed by atoms with van der Waals surface area (Å²) in [6.07, 6.45) is 0. The molecule has 4 aromatic heterocycles. The fourth-order valence-electron chi connectivity index (χ4n) is 2.77. The summed E-state index contributed by atoms with van der Waals surface area (Å²) in [6.45, 7) is 3.50. The Kier molecular flexibility index (Phi) is 4.89. The van der Waals surface area contributed by atoms with Crippen molar-refractivity contribution in [1.82, 2.24) is 19.9 Å². The van der Waals surface area contributed by atoms with E-state index in [2.05, 4.69) is 26.0 Å². The summed E-state index contributed by atoms with van der Waals surface area (Å²) < 4.78 is 0. The predicted molar refractivity (Wildman–Crippen MR) is 112 cm³/mol.